The summed E-state index contributed by atoms with van der Waals surface area (Å²) in [5.74, 6) is 0. The summed E-state index contributed by atoms with van der Waals surface area (Å²) in [5, 5.41) is 10.6. The minimum Gasteiger partial charge on any atom is -0.307 e. The fourth-order valence-electron chi connectivity index (χ4n) is 3.04. The maximum absolute atomic E-state index is 13.1. The Morgan fingerprint density at radius 3 is 2.81 bits per heavy atom. The summed E-state index contributed by atoms with van der Waals surface area (Å²) in [7, 11) is 0. The lowest BCUT2D eigenvalue weighted by Gasteiger charge is -2.07. The van der Waals surface area contributed by atoms with E-state index < -0.39 is 0 Å². The molecule has 0 aliphatic carbocycles. The highest BCUT2D eigenvalue weighted by molar-refractivity contribution is 6.30. The van der Waals surface area contributed by atoms with E-state index in [9.17, 15) is 10.1 Å². The Bertz CT molecular complexity index is 1340. The van der Waals surface area contributed by atoms with Crippen LogP contribution in [-0.4, -0.2) is 9.38 Å². The molecule has 0 radical (unpaired) electrons. The molecule has 6 nitrogen and oxygen atoms in total. The number of halogens is 1. The summed E-state index contributed by atoms with van der Waals surface area (Å²) in [6.07, 6.45) is 1.55. The van der Waals surface area contributed by atoms with E-state index in [0.717, 1.165) is 5.69 Å². The lowest BCUT2D eigenvalue weighted by Crippen LogP contribution is -2.36. The molecule has 0 saturated carbocycles. The van der Waals surface area contributed by atoms with Gasteiger partial charge in [-0.1, -0.05) is 29.8 Å². The first-order chi connectivity index (χ1) is 13.1. The SMILES string of the molecule is Cc1c(C#N)c2nc3ccccc3n2c(=O)/c1=C\NNc1cccc(Cl)c1. The van der Waals surface area contributed by atoms with E-state index in [1.807, 2.05) is 36.4 Å². The number of rotatable bonds is 3. The molecular weight excluding hydrogens is 362 g/mol. The molecule has 0 spiro atoms. The molecule has 2 N–H and O–H groups in total. The van der Waals surface area contributed by atoms with Crippen LogP contribution in [0.25, 0.3) is 22.9 Å². The van der Waals surface area contributed by atoms with Crippen molar-refractivity contribution in [2.75, 3.05) is 5.43 Å². The average Bonchev–Trinajstić information content (AvgIpc) is 3.04. The second kappa shape index (κ2) is 6.63. The number of fused-ring (bicyclic) bond motifs is 3. The Balaban J connectivity index is 1.88. The van der Waals surface area contributed by atoms with Gasteiger partial charge in [-0.25, -0.2) is 4.98 Å². The van der Waals surface area contributed by atoms with Crippen molar-refractivity contribution in [2.45, 2.75) is 6.92 Å². The van der Waals surface area contributed by atoms with Crippen molar-refractivity contribution in [3.8, 4) is 6.07 Å². The van der Waals surface area contributed by atoms with E-state index >= 15 is 0 Å². The van der Waals surface area contributed by atoms with Crippen molar-refractivity contribution in [1.82, 2.24) is 14.8 Å². The summed E-state index contributed by atoms with van der Waals surface area (Å²) < 4.78 is 1.48. The topological polar surface area (TPSA) is 82.2 Å². The van der Waals surface area contributed by atoms with Crippen molar-refractivity contribution >= 4 is 40.2 Å². The standard InChI is InChI=1S/C20H14ClN5O/c1-12-15(10-22)19-24-17-7-2-3-8-18(17)26(19)20(27)16(12)11-23-25-14-6-4-5-13(21)9-14/h2-9,11,23,25H,1H3/b16-11-. The van der Waals surface area contributed by atoms with Crippen LogP contribution in [0.1, 0.15) is 11.1 Å². The fraction of sp³-hybridized carbons (Fsp3) is 0.0500. The molecule has 0 bridgehead atoms. The third kappa shape index (κ3) is 2.84. The van der Waals surface area contributed by atoms with E-state index in [4.69, 9.17) is 11.6 Å². The van der Waals surface area contributed by atoms with Gasteiger partial charge in [-0.05, 0) is 42.8 Å². The van der Waals surface area contributed by atoms with Crippen LogP contribution < -0.4 is 21.6 Å². The zero-order valence-corrected chi connectivity index (χ0v) is 15.1. The zero-order valence-electron chi connectivity index (χ0n) is 14.3. The molecule has 0 fully saturated rings. The van der Waals surface area contributed by atoms with Gasteiger partial charge in [-0.3, -0.25) is 9.20 Å². The third-order valence-corrected chi connectivity index (χ3v) is 4.60. The fourth-order valence-corrected chi connectivity index (χ4v) is 3.23. The lowest BCUT2D eigenvalue weighted by atomic mass is 10.1. The largest absolute Gasteiger partial charge is 0.307 e. The Morgan fingerprint density at radius 2 is 2.04 bits per heavy atom. The van der Waals surface area contributed by atoms with Crippen molar-refractivity contribution in [2.24, 2.45) is 0 Å². The first-order valence-corrected chi connectivity index (χ1v) is 8.59. The summed E-state index contributed by atoms with van der Waals surface area (Å²) >= 11 is 5.96. The van der Waals surface area contributed by atoms with E-state index in [0.29, 0.717) is 38.0 Å². The smallest absolute Gasteiger partial charge is 0.265 e. The van der Waals surface area contributed by atoms with Crippen molar-refractivity contribution in [3.63, 3.8) is 0 Å². The van der Waals surface area contributed by atoms with Crippen LogP contribution in [0.2, 0.25) is 5.02 Å². The minimum atomic E-state index is -0.240. The number of benzene rings is 2. The summed E-state index contributed by atoms with van der Waals surface area (Å²) in [6, 6.07) is 16.7. The number of anilines is 1. The van der Waals surface area contributed by atoms with Gasteiger partial charge in [-0.2, -0.15) is 5.26 Å². The molecule has 27 heavy (non-hydrogen) atoms. The number of hydrogen-bond acceptors (Lipinski definition) is 5. The Kier molecular flexibility index (Phi) is 4.15. The molecule has 0 amide bonds. The van der Waals surface area contributed by atoms with E-state index in [2.05, 4.69) is 21.9 Å². The van der Waals surface area contributed by atoms with Gasteiger partial charge in [0.2, 0.25) is 0 Å². The van der Waals surface area contributed by atoms with E-state index in [1.54, 1.807) is 25.3 Å². The predicted octanol–water partition coefficient (Wildman–Crippen LogP) is 2.75. The van der Waals surface area contributed by atoms with Gasteiger partial charge in [0, 0.05) is 11.2 Å². The highest BCUT2D eigenvalue weighted by atomic mass is 35.5. The van der Waals surface area contributed by atoms with Crippen LogP contribution in [0.4, 0.5) is 5.69 Å². The zero-order chi connectivity index (χ0) is 19.0. The van der Waals surface area contributed by atoms with Crippen molar-refractivity contribution < 1.29 is 0 Å². The van der Waals surface area contributed by atoms with Crippen LogP contribution in [0.3, 0.4) is 0 Å². The van der Waals surface area contributed by atoms with E-state index in [1.165, 1.54) is 4.40 Å². The second-order valence-corrected chi connectivity index (χ2v) is 6.45. The van der Waals surface area contributed by atoms with Gasteiger partial charge in [0.25, 0.3) is 5.56 Å². The summed E-state index contributed by atoms with van der Waals surface area (Å²) in [4.78, 5) is 17.5. The second-order valence-electron chi connectivity index (χ2n) is 6.01. The number of nitrogens with zero attached hydrogens (tertiary/aromatic N) is 3. The molecule has 2 heterocycles. The molecule has 2 aromatic carbocycles. The maximum atomic E-state index is 13.1. The van der Waals surface area contributed by atoms with Gasteiger partial charge in [-0.15, -0.1) is 0 Å². The number of imidazole rings is 1. The number of nitrogens with one attached hydrogen (secondary N) is 2. The number of aromatic nitrogens is 2. The monoisotopic (exact) mass is 375 g/mol. The summed E-state index contributed by atoms with van der Waals surface area (Å²) in [6.45, 7) is 1.74. The Hall–Kier alpha value is -3.56. The normalized spacial score (nSPS) is 11.7. The van der Waals surface area contributed by atoms with Gasteiger partial charge in [0.1, 0.15) is 6.07 Å². The molecule has 0 atom stereocenters. The Morgan fingerprint density at radius 1 is 1.22 bits per heavy atom. The number of nitriles is 1. The predicted molar refractivity (Wildman–Crippen MR) is 106 cm³/mol. The van der Waals surface area contributed by atoms with Crippen LogP contribution in [0, 0.1) is 18.3 Å². The molecule has 0 aliphatic heterocycles. The van der Waals surface area contributed by atoms with Gasteiger partial charge in [0.15, 0.2) is 5.65 Å². The summed E-state index contributed by atoms with van der Waals surface area (Å²) in [5.41, 5.74) is 9.06. The average molecular weight is 376 g/mol. The molecular formula is C20H14ClN5O. The lowest BCUT2D eigenvalue weighted by molar-refractivity contribution is 1.06. The molecule has 4 aromatic rings. The highest BCUT2D eigenvalue weighted by Crippen LogP contribution is 2.17. The van der Waals surface area contributed by atoms with Crippen LogP contribution in [0.5, 0.6) is 0 Å². The van der Waals surface area contributed by atoms with Crippen molar-refractivity contribution in [3.05, 3.63) is 80.3 Å². The van der Waals surface area contributed by atoms with Crippen LogP contribution >= 0.6 is 11.6 Å². The first kappa shape index (κ1) is 16.9. The van der Waals surface area contributed by atoms with Gasteiger partial charge >= 0.3 is 0 Å². The quantitative estimate of drug-likeness (QED) is 0.538. The molecule has 0 aliphatic rings. The van der Waals surface area contributed by atoms with Gasteiger partial charge < -0.3 is 10.9 Å². The molecule has 132 valence electrons. The van der Waals surface area contributed by atoms with E-state index in [-0.39, 0.29) is 5.56 Å². The minimum absolute atomic E-state index is 0.240. The Labute approximate surface area is 159 Å². The molecule has 2 aromatic heterocycles. The molecule has 4 rings (SSSR count). The number of pyridine rings is 1. The van der Waals surface area contributed by atoms with Crippen LogP contribution in [0.15, 0.2) is 53.3 Å². The highest BCUT2D eigenvalue weighted by Gasteiger charge is 2.15. The molecule has 0 unspecified atom stereocenters. The number of para-hydroxylation sites is 2. The maximum Gasteiger partial charge on any atom is 0.265 e. The number of hydrogen-bond donors (Lipinski definition) is 2. The number of hydrazine groups is 1. The van der Waals surface area contributed by atoms with Crippen molar-refractivity contribution in [1.29, 1.82) is 5.26 Å². The van der Waals surface area contributed by atoms with Crippen LogP contribution in [-0.2, 0) is 0 Å². The molecule has 0 saturated heterocycles. The molecule has 7 heteroatoms. The first-order valence-electron chi connectivity index (χ1n) is 8.21. The van der Waals surface area contributed by atoms with Gasteiger partial charge in [0.05, 0.1) is 27.5 Å². The third-order valence-electron chi connectivity index (χ3n) is 4.37.